The monoisotopic (exact) mass is 289 g/mol. The van der Waals surface area contributed by atoms with Crippen LogP contribution in [0.4, 0.5) is 0 Å². The van der Waals surface area contributed by atoms with Crippen molar-refractivity contribution in [2.24, 2.45) is 0 Å². The molecule has 6 heteroatoms. The molecule has 0 aliphatic rings. The van der Waals surface area contributed by atoms with Crippen LogP contribution in [0.2, 0.25) is 0 Å². The van der Waals surface area contributed by atoms with Gasteiger partial charge >= 0.3 is 0 Å². The molecule has 2 heterocycles. The Balaban J connectivity index is 2.29. The maximum absolute atomic E-state index is 5.42. The molecule has 0 aromatic carbocycles. The summed E-state index contributed by atoms with van der Waals surface area (Å²) in [4.78, 5) is 8.51. The summed E-state index contributed by atoms with van der Waals surface area (Å²) in [6.45, 7) is 7.17. The van der Waals surface area contributed by atoms with E-state index in [0.29, 0.717) is 6.04 Å². The van der Waals surface area contributed by atoms with Crippen molar-refractivity contribution in [3.05, 3.63) is 36.2 Å². The molecule has 6 nitrogen and oxygen atoms in total. The smallest absolute Gasteiger partial charge is 0.141 e. The van der Waals surface area contributed by atoms with Gasteiger partial charge in [0.15, 0.2) is 0 Å². The van der Waals surface area contributed by atoms with E-state index in [1.54, 1.807) is 25.8 Å². The van der Waals surface area contributed by atoms with Gasteiger partial charge in [-0.15, -0.1) is 0 Å². The second kappa shape index (κ2) is 7.17. The fourth-order valence-electron chi connectivity index (χ4n) is 2.42. The van der Waals surface area contributed by atoms with Gasteiger partial charge in [-0.25, -0.2) is 9.67 Å². The van der Waals surface area contributed by atoms with Crippen molar-refractivity contribution in [1.29, 1.82) is 0 Å². The Labute approximate surface area is 125 Å². The number of nitrogens with one attached hydrogen (secondary N) is 1. The lowest BCUT2D eigenvalue weighted by molar-refractivity contribution is 0.394. The van der Waals surface area contributed by atoms with Gasteiger partial charge in [-0.05, 0) is 26.5 Å². The minimum absolute atomic E-state index is 0.120. The molecule has 0 aliphatic heterocycles. The lowest BCUT2D eigenvalue weighted by Gasteiger charge is -2.21. The Kier molecular flexibility index (Phi) is 5.27. The topological polar surface area (TPSA) is 64.9 Å². The lowest BCUT2D eigenvalue weighted by Crippen LogP contribution is -2.25. The molecule has 0 aliphatic carbocycles. The van der Waals surface area contributed by atoms with Crippen molar-refractivity contribution in [1.82, 2.24) is 25.1 Å². The zero-order valence-corrected chi connectivity index (χ0v) is 13.1. The highest BCUT2D eigenvalue weighted by molar-refractivity contribution is 5.33. The summed E-state index contributed by atoms with van der Waals surface area (Å²) in [6.07, 6.45) is 5.90. The summed E-state index contributed by atoms with van der Waals surface area (Å²) in [5, 5.41) is 7.79. The van der Waals surface area contributed by atoms with E-state index in [9.17, 15) is 0 Å². The molecule has 0 saturated carbocycles. The van der Waals surface area contributed by atoms with Gasteiger partial charge < -0.3 is 10.1 Å². The van der Waals surface area contributed by atoms with E-state index in [2.05, 4.69) is 41.2 Å². The van der Waals surface area contributed by atoms with E-state index in [0.717, 1.165) is 30.1 Å². The van der Waals surface area contributed by atoms with Gasteiger partial charge in [-0.1, -0.05) is 6.92 Å². The third-order valence-electron chi connectivity index (χ3n) is 3.39. The number of hydrogen-bond acceptors (Lipinski definition) is 5. The number of ether oxygens (including phenoxy) is 1. The Morgan fingerprint density at radius 3 is 2.86 bits per heavy atom. The zero-order valence-electron chi connectivity index (χ0n) is 13.1. The largest absolute Gasteiger partial charge is 0.495 e. The van der Waals surface area contributed by atoms with Crippen LogP contribution >= 0.6 is 0 Å². The lowest BCUT2D eigenvalue weighted by atomic mass is 10.0. The van der Waals surface area contributed by atoms with Crippen molar-refractivity contribution >= 4 is 0 Å². The van der Waals surface area contributed by atoms with Crippen molar-refractivity contribution in [2.45, 2.75) is 39.3 Å². The van der Waals surface area contributed by atoms with Gasteiger partial charge in [0.05, 0.1) is 13.3 Å². The summed E-state index contributed by atoms with van der Waals surface area (Å²) in [6, 6.07) is 2.40. The number of hydrogen-bond donors (Lipinski definition) is 1. The van der Waals surface area contributed by atoms with E-state index < -0.39 is 0 Å². The molecular weight excluding hydrogens is 266 g/mol. The highest BCUT2D eigenvalue weighted by Crippen LogP contribution is 2.26. The molecule has 1 atom stereocenters. The second-order valence-electron chi connectivity index (χ2n) is 5.15. The number of methoxy groups -OCH3 is 1. The number of pyridine rings is 1. The van der Waals surface area contributed by atoms with E-state index in [4.69, 9.17) is 4.74 Å². The van der Waals surface area contributed by atoms with Crippen molar-refractivity contribution < 1.29 is 4.74 Å². The standard InChI is InChI=1S/C15H23N5O/c1-5-17-13(12-6-7-16-9-14(12)21-4)8-15-18-10-19-20(15)11(2)3/h6-7,9-11,13,17H,5,8H2,1-4H3. The normalized spacial score (nSPS) is 12.6. The zero-order chi connectivity index (χ0) is 15.2. The minimum atomic E-state index is 0.120. The fraction of sp³-hybridized carbons (Fsp3) is 0.533. The molecule has 1 N–H and O–H groups in total. The molecular formula is C15H23N5O. The van der Waals surface area contributed by atoms with Crippen LogP contribution in [0.5, 0.6) is 5.75 Å². The van der Waals surface area contributed by atoms with Crippen molar-refractivity contribution in [2.75, 3.05) is 13.7 Å². The molecule has 0 fully saturated rings. The molecule has 21 heavy (non-hydrogen) atoms. The van der Waals surface area contributed by atoms with Crippen LogP contribution in [-0.4, -0.2) is 33.4 Å². The predicted octanol–water partition coefficient (Wildman–Crippen LogP) is 2.16. The quantitative estimate of drug-likeness (QED) is 0.846. The number of aromatic nitrogens is 4. The van der Waals surface area contributed by atoms with Crippen LogP contribution in [-0.2, 0) is 6.42 Å². The maximum atomic E-state index is 5.42. The van der Waals surface area contributed by atoms with Crippen LogP contribution in [0.15, 0.2) is 24.8 Å². The van der Waals surface area contributed by atoms with Gasteiger partial charge in [0.1, 0.15) is 17.9 Å². The Bertz CT molecular complexity index is 567. The molecule has 114 valence electrons. The van der Waals surface area contributed by atoms with E-state index in [1.807, 2.05) is 10.7 Å². The molecule has 2 aromatic rings. The number of likely N-dealkylation sites (N-methyl/N-ethyl adjacent to an activating group) is 1. The SMILES string of the molecule is CCNC(Cc1ncnn1C(C)C)c1ccncc1OC. The Morgan fingerprint density at radius 2 is 2.19 bits per heavy atom. The molecule has 0 amide bonds. The van der Waals surface area contributed by atoms with Gasteiger partial charge in [-0.2, -0.15) is 5.10 Å². The third-order valence-corrected chi connectivity index (χ3v) is 3.39. The average molecular weight is 289 g/mol. The minimum Gasteiger partial charge on any atom is -0.495 e. The second-order valence-corrected chi connectivity index (χ2v) is 5.15. The number of rotatable bonds is 7. The molecule has 0 radical (unpaired) electrons. The molecule has 0 spiro atoms. The summed E-state index contributed by atoms with van der Waals surface area (Å²) < 4.78 is 7.38. The highest BCUT2D eigenvalue weighted by atomic mass is 16.5. The first kappa shape index (κ1) is 15.4. The first-order chi connectivity index (χ1) is 10.2. The fourth-order valence-corrected chi connectivity index (χ4v) is 2.42. The van der Waals surface area contributed by atoms with Crippen LogP contribution in [0.1, 0.15) is 44.2 Å². The highest BCUT2D eigenvalue weighted by Gasteiger charge is 2.19. The Morgan fingerprint density at radius 1 is 1.38 bits per heavy atom. The summed E-state index contributed by atoms with van der Waals surface area (Å²) in [5.74, 6) is 1.76. The van der Waals surface area contributed by atoms with Crippen LogP contribution in [0.25, 0.3) is 0 Å². The van der Waals surface area contributed by atoms with Crippen LogP contribution in [0.3, 0.4) is 0 Å². The summed E-state index contributed by atoms with van der Waals surface area (Å²) in [7, 11) is 1.67. The van der Waals surface area contributed by atoms with Crippen molar-refractivity contribution in [3.8, 4) is 5.75 Å². The molecule has 0 saturated heterocycles. The molecule has 0 bridgehead atoms. The van der Waals surface area contributed by atoms with Crippen molar-refractivity contribution in [3.63, 3.8) is 0 Å². The predicted molar refractivity (Wildman–Crippen MR) is 81.3 cm³/mol. The van der Waals surface area contributed by atoms with Gasteiger partial charge in [-0.3, -0.25) is 4.98 Å². The maximum Gasteiger partial charge on any atom is 0.141 e. The Hall–Kier alpha value is -1.95. The van der Waals surface area contributed by atoms with Gasteiger partial charge in [0, 0.05) is 30.3 Å². The first-order valence-corrected chi connectivity index (χ1v) is 7.27. The van der Waals surface area contributed by atoms with Crippen LogP contribution in [0, 0.1) is 0 Å². The third kappa shape index (κ3) is 3.58. The van der Waals surface area contributed by atoms with E-state index in [1.165, 1.54) is 0 Å². The van der Waals surface area contributed by atoms with Gasteiger partial charge in [0.2, 0.25) is 0 Å². The van der Waals surface area contributed by atoms with Crippen LogP contribution < -0.4 is 10.1 Å². The molecule has 2 aromatic heterocycles. The molecule has 1 unspecified atom stereocenters. The van der Waals surface area contributed by atoms with Gasteiger partial charge in [0.25, 0.3) is 0 Å². The summed E-state index contributed by atoms with van der Waals surface area (Å²) in [5.41, 5.74) is 1.09. The summed E-state index contributed by atoms with van der Waals surface area (Å²) >= 11 is 0. The van der Waals surface area contributed by atoms with E-state index >= 15 is 0 Å². The number of nitrogens with zero attached hydrogens (tertiary/aromatic N) is 4. The first-order valence-electron chi connectivity index (χ1n) is 7.27. The molecule has 2 rings (SSSR count). The van der Waals surface area contributed by atoms with E-state index in [-0.39, 0.29) is 6.04 Å². The average Bonchev–Trinajstić information content (AvgIpc) is 2.95.